The predicted molar refractivity (Wildman–Crippen MR) is 85.5 cm³/mol. The number of rotatable bonds is 3. The maximum Gasteiger partial charge on any atom is 0.0396 e. The highest BCUT2D eigenvalue weighted by molar-refractivity contribution is 5.55. The topological polar surface area (TPSA) is 18.5 Å². The van der Waals surface area contributed by atoms with Gasteiger partial charge in [-0.3, -0.25) is 0 Å². The average molecular weight is 273 g/mol. The number of nitrogens with one attached hydrogen (secondary N) is 1. The maximum absolute atomic E-state index is 3.43. The Labute approximate surface area is 123 Å². The fourth-order valence-electron chi connectivity index (χ4n) is 3.62. The van der Waals surface area contributed by atoms with Crippen molar-refractivity contribution in [3.8, 4) is 0 Å². The lowest BCUT2D eigenvalue weighted by Crippen LogP contribution is -2.45. The molecule has 3 heteroatoms. The molecule has 0 aliphatic carbocycles. The van der Waals surface area contributed by atoms with Crippen LogP contribution in [-0.4, -0.2) is 50.7 Å². The predicted octanol–water partition coefficient (Wildman–Crippen LogP) is 2.03. The van der Waals surface area contributed by atoms with Crippen molar-refractivity contribution in [2.45, 2.75) is 20.3 Å². The van der Waals surface area contributed by atoms with Crippen molar-refractivity contribution in [2.24, 2.45) is 5.92 Å². The normalized spacial score (nSPS) is 24.3. The molecule has 1 aromatic rings. The number of anilines is 1. The molecule has 0 spiro atoms. The van der Waals surface area contributed by atoms with Crippen LogP contribution in [0, 0.1) is 19.8 Å². The third-order valence-corrected chi connectivity index (χ3v) is 4.70. The molecular formula is C17H27N3. The van der Waals surface area contributed by atoms with E-state index in [0.717, 1.165) is 19.0 Å². The van der Waals surface area contributed by atoms with E-state index in [2.05, 4.69) is 47.2 Å². The molecule has 2 aliphatic rings. The van der Waals surface area contributed by atoms with Gasteiger partial charge in [-0.2, -0.15) is 0 Å². The van der Waals surface area contributed by atoms with E-state index in [9.17, 15) is 0 Å². The lowest BCUT2D eigenvalue weighted by molar-refractivity contribution is 0.212. The summed E-state index contributed by atoms with van der Waals surface area (Å²) in [6.07, 6.45) is 1.34. The van der Waals surface area contributed by atoms with Crippen molar-refractivity contribution in [3.05, 3.63) is 29.3 Å². The van der Waals surface area contributed by atoms with E-state index in [1.165, 1.54) is 56.0 Å². The van der Waals surface area contributed by atoms with E-state index in [1.54, 1.807) is 0 Å². The van der Waals surface area contributed by atoms with Gasteiger partial charge in [-0.1, -0.05) is 17.7 Å². The van der Waals surface area contributed by atoms with Crippen LogP contribution in [0.25, 0.3) is 0 Å². The fraction of sp³-hybridized carbons (Fsp3) is 0.647. The van der Waals surface area contributed by atoms with E-state index < -0.39 is 0 Å². The quantitative estimate of drug-likeness (QED) is 0.909. The molecule has 0 aromatic heterocycles. The summed E-state index contributed by atoms with van der Waals surface area (Å²) in [5.41, 5.74) is 4.23. The Balaban J connectivity index is 1.58. The molecular weight excluding hydrogens is 246 g/mol. The molecule has 0 bridgehead atoms. The van der Waals surface area contributed by atoms with Gasteiger partial charge in [-0.15, -0.1) is 0 Å². The second kappa shape index (κ2) is 6.15. The van der Waals surface area contributed by atoms with E-state index in [1.807, 2.05) is 0 Å². The number of aryl methyl sites for hydroxylation is 2. The van der Waals surface area contributed by atoms with Gasteiger partial charge < -0.3 is 15.1 Å². The van der Waals surface area contributed by atoms with Gasteiger partial charge in [0.25, 0.3) is 0 Å². The molecule has 1 aromatic carbocycles. The van der Waals surface area contributed by atoms with Crippen LogP contribution in [0.3, 0.4) is 0 Å². The fourth-order valence-corrected chi connectivity index (χ4v) is 3.62. The van der Waals surface area contributed by atoms with Crippen molar-refractivity contribution in [1.82, 2.24) is 10.2 Å². The number of hydrogen-bond acceptors (Lipinski definition) is 3. The van der Waals surface area contributed by atoms with Crippen LogP contribution >= 0.6 is 0 Å². The van der Waals surface area contributed by atoms with Gasteiger partial charge >= 0.3 is 0 Å². The summed E-state index contributed by atoms with van der Waals surface area (Å²) in [6, 6.07) is 6.85. The van der Waals surface area contributed by atoms with Gasteiger partial charge in [-0.25, -0.2) is 0 Å². The second-order valence-corrected chi connectivity index (χ2v) is 6.44. The molecule has 3 nitrogen and oxygen atoms in total. The molecule has 1 unspecified atom stereocenters. The summed E-state index contributed by atoms with van der Waals surface area (Å²) in [6.45, 7) is 12.9. The first kappa shape index (κ1) is 13.9. The number of benzene rings is 1. The summed E-state index contributed by atoms with van der Waals surface area (Å²) in [7, 11) is 0. The molecule has 3 rings (SSSR count). The summed E-state index contributed by atoms with van der Waals surface area (Å²) < 4.78 is 0. The van der Waals surface area contributed by atoms with E-state index in [-0.39, 0.29) is 0 Å². The monoisotopic (exact) mass is 273 g/mol. The zero-order valence-corrected chi connectivity index (χ0v) is 12.9. The van der Waals surface area contributed by atoms with Gasteiger partial charge in [0.1, 0.15) is 0 Å². The minimum absolute atomic E-state index is 0.841. The Bertz CT molecular complexity index is 452. The molecule has 0 amide bonds. The van der Waals surface area contributed by atoms with Crippen LogP contribution in [0.5, 0.6) is 0 Å². The van der Waals surface area contributed by atoms with Crippen molar-refractivity contribution in [3.63, 3.8) is 0 Å². The maximum atomic E-state index is 3.43. The summed E-state index contributed by atoms with van der Waals surface area (Å²) in [4.78, 5) is 5.22. The number of nitrogens with zero attached hydrogens (tertiary/aromatic N) is 2. The first-order valence-corrected chi connectivity index (χ1v) is 7.97. The average Bonchev–Trinajstić information content (AvgIpc) is 2.88. The molecule has 2 aliphatic heterocycles. The Morgan fingerprint density at radius 2 is 1.95 bits per heavy atom. The molecule has 20 heavy (non-hydrogen) atoms. The third kappa shape index (κ3) is 3.15. The number of piperazine rings is 1. The van der Waals surface area contributed by atoms with Crippen LogP contribution in [0.2, 0.25) is 0 Å². The number of hydrogen-bond donors (Lipinski definition) is 1. The van der Waals surface area contributed by atoms with Gasteiger partial charge in [-0.05, 0) is 37.8 Å². The van der Waals surface area contributed by atoms with Gasteiger partial charge in [0.15, 0.2) is 0 Å². The lowest BCUT2D eigenvalue weighted by Gasteiger charge is -2.29. The van der Waals surface area contributed by atoms with E-state index >= 15 is 0 Å². The third-order valence-electron chi connectivity index (χ3n) is 4.70. The van der Waals surface area contributed by atoms with Crippen molar-refractivity contribution >= 4 is 5.69 Å². The molecule has 2 saturated heterocycles. The largest absolute Gasteiger partial charge is 0.371 e. The van der Waals surface area contributed by atoms with Crippen LogP contribution in [0.15, 0.2) is 18.2 Å². The molecule has 1 atom stereocenters. The van der Waals surface area contributed by atoms with Crippen molar-refractivity contribution in [1.29, 1.82) is 0 Å². The molecule has 2 fully saturated rings. The summed E-state index contributed by atoms with van der Waals surface area (Å²) in [5.74, 6) is 0.841. The Hall–Kier alpha value is -1.06. The zero-order chi connectivity index (χ0) is 13.9. The standard InChI is InChI=1S/C17H27N3/c1-14-3-4-17(15(2)11-14)20-8-5-16(13-20)12-19-9-6-18-7-10-19/h3-4,11,16,18H,5-10,12-13H2,1-2H3. The molecule has 0 radical (unpaired) electrons. The highest BCUT2D eigenvalue weighted by Crippen LogP contribution is 2.27. The van der Waals surface area contributed by atoms with Crippen LogP contribution in [0.4, 0.5) is 5.69 Å². The van der Waals surface area contributed by atoms with Crippen LogP contribution < -0.4 is 10.2 Å². The molecule has 2 heterocycles. The highest BCUT2D eigenvalue weighted by Gasteiger charge is 2.25. The summed E-state index contributed by atoms with van der Waals surface area (Å²) in [5, 5.41) is 3.43. The van der Waals surface area contributed by atoms with Gasteiger partial charge in [0, 0.05) is 51.5 Å². The second-order valence-electron chi connectivity index (χ2n) is 6.44. The van der Waals surface area contributed by atoms with Crippen molar-refractivity contribution < 1.29 is 0 Å². The van der Waals surface area contributed by atoms with Crippen LogP contribution in [0.1, 0.15) is 17.5 Å². The zero-order valence-electron chi connectivity index (χ0n) is 12.9. The van der Waals surface area contributed by atoms with E-state index in [4.69, 9.17) is 0 Å². The Morgan fingerprint density at radius 3 is 2.70 bits per heavy atom. The smallest absolute Gasteiger partial charge is 0.0396 e. The molecule has 1 N–H and O–H groups in total. The van der Waals surface area contributed by atoms with Crippen molar-refractivity contribution in [2.75, 3.05) is 50.7 Å². The molecule has 0 saturated carbocycles. The SMILES string of the molecule is Cc1ccc(N2CCC(CN3CCNCC3)C2)c(C)c1. The van der Waals surface area contributed by atoms with Crippen LogP contribution in [-0.2, 0) is 0 Å². The molecule has 110 valence electrons. The van der Waals surface area contributed by atoms with Gasteiger partial charge in [0.05, 0.1) is 0 Å². The first-order valence-electron chi connectivity index (χ1n) is 7.97. The highest BCUT2D eigenvalue weighted by atomic mass is 15.2. The Kier molecular flexibility index (Phi) is 4.27. The minimum atomic E-state index is 0.841. The first-order chi connectivity index (χ1) is 9.72. The van der Waals surface area contributed by atoms with E-state index in [0.29, 0.717) is 0 Å². The Morgan fingerprint density at radius 1 is 1.15 bits per heavy atom. The minimum Gasteiger partial charge on any atom is -0.371 e. The lowest BCUT2D eigenvalue weighted by atomic mass is 10.1. The summed E-state index contributed by atoms with van der Waals surface area (Å²) >= 11 is 0. The van der Waals surface area contributed by atoms with Gasteiger partial charge in [0.2, 0.25) is 0 Å².